The lowest BCUT2D eigenvalue weighted by Crippen LogP contribution is -2.33. The third-order valence-corrected chi connectivity index (χ3v) is 5.31. The number of aliphatic hydroxyl groups is 1. The largest absolute Gasteiger partial charge is 0.389 e. The van der Waals surface area contributed by atoms with E-state index in [2.05, 4.69) is 0 Å². The first-order chi connectivity index (χ1) is 9.78. The van der Waals surface area contributed by atoms with Crippen molar-refractivity contribution in [2.75, 3.05) is 33.7 Å². The molecule has 0 heterocycles. The second-order valence-corrected chi connectivity index (χ2v) is 7.34. The van der Waals surface area contributed by atoms with Crippen molar-refractivity contribution in [1.29, 1.82) is 0 Å². The van der Waals surface area contributed by atoms with Gasteiger partial charge < -0.3 is 10.0 Å². The van der Waals surface area contributed by atoms with Crippen LogP contribution in [0.3, 0.4) is 0 Å². The van der Waals surface area contributed by atoms with E-state index in [1.807, 2.05) is 25.9 Å². The van der Waals surface area contributed by atoms with Crippen molar-refractivity contribution in [2.45, 2.75) is 31.3 Å². The Morgan fingerprint density at radius 1 is 1.24 bits per heavy atom. The number of rotatable bonds is 8. The van der Waals surface area contributed by atoms with Gasteiger partial charge in [-0.05, 0) is 51.7 Å². The maximum absolute atomic E-state index is 12.6. The number of benzene rings is 1. The number of nitrogens with zero attached hydrogens (tertiary/aromatic N) is 2. The average molecular weight is 314 g/mol. The predicted octanol–water partition coefficient (Wildman–Crippen LogP) is 1.70. The Labute approximate surface area is 128 Å². The molecule has 5 nitrogen and oxygen atoms in total. The van der Waals surface area contributed by atoms with Gasteiger partial charge in [0.05, 0.1) is 11.0 Å². The molecule has 0 aliphatic carbocycles. The number of sulfonamides is 1. The molecule has 0 radical (unpaired) electrons. The lowest BCUT2D eigenvalue weighted by molar-refractivity contribution is 0.199. The van der Waals surface area contributed by atoms with Crippen LogP contribution in [-0.4, -0.2) is 56.5 Å². The molecule has 0 amide bonds. The van der Waals surface area contributed by atoms with Crippen molar-refractivity contribution in [3.05, 3.63) is 29.8 Å². The molecule has 0 fully saturated rings. The van der Waals surface area contributed by atoms with Crippen LogP contribution in [0.25, 0.3) is 0 Å². The number of hydrogen-bond acceptors (Lipinski definition) is 4. The van der Waals surface area contributed by atoms with Gasteiger partial charge in [0.15, 0.2) is 0 Å². The van der Waals surface area contributed by atoms with Gasteiger partial charge in [0, 0.05) is 13.1 Å². The molecule has 1 N–H and O–H groups in total. The van der Waals surface area contributed by atoms with Crippen molar-refractivity contribution < 1.29 is 13.5 Å². The van der Waals surface area contributed by atoms with Gasteiger partial charge in [-0.3, -0.25) is 0 Å². The molecule has 1 unspecified atom stereocenters. The summed E-state index contributed by atoms with van der Waals surface area (Å²) in [5.74, 6) is 0. The van der Waals surface area contributed by atoms with E-state index < -0.39 is 16.1 Å². The minimum Gasteiger partial charge on any atom is -0.389 e. The molecule has 21 heavy (non-hydrogen) atoms. The van der Waals surface area contributed by atoms with Gasteiger partial charge in [-0.1, -0.05) is 19.1 Å². The van der Waals surface area contributed by atoms with Crippen molar-refractivity contribution >= 4 is 10.0 Å². The fraction of sp³-hybridized carbons (Fsp3) is 0.600. The second-order valence-electron chi connectivity index (χ2n) is 5.40. The Balaban J connectivity index is 2.93. The van der Waals surface area contributed by atoms with Crippen molar-refractivity contribution in [3.8, 4) is 0 Å². The maximum Gasteiger partial charge on any atom is 0.243 e. The van der Waals surface area contributed by atoms with Crippen molar-refractivity contribution in [2.24, 2.45) is 0 Å². The van der Waals surface area contributed by atoms with Crippen LogP contribution < -0.4 is 0 Å². The van der Waals surface area contributed by atoms with Gasteiger partial charge in [0.2, 0.25) is 10.0 Å². The lowest BCUT2D eigenvalue weighted by Gasteiger charge is -2.22. The quantitative estimate of drug-likeness (QED) is 0.793. The third-order valence-electron chi connectivity index (χ3n) is 3.34. The first-order valence-corrected chi connectivity index (χ1v) is 8.66. The van der Waals surface area contributed by atoms with Gasteiger partial charge in [-0.15, -0.1) is 0 Å². The Hall–Kier alpha value is -0.950. The Morgan fingerprint density at radius 2 is 1.90 bits per heavy atom. The van der Waals surface area contributed by atoms with Crippen LogP contribution in [0.15, 0.2) is 29.2 Å². The molecule has 0 aliphatic rings. The van der Waals surface area contributed by atoms with Crippen LogP contribution >= 0.6 is 0 Å². The molecule has 1 rings (SSSR count). The summed E-state index contributed by atoms with van der Waals surface area (Å²) in [7, 11) is 0.437. The Bertz CT molecular complexity index is 542. The fourth-order valence-electron chi connectivity index (χ4n) is 2.10. The summed E-state index contributed by atoms with van der Waals surface area (Å²) in [6, 6.07) is 6.53. The first kappa shape index (κ1) is 18.1. The van der Waals surface area contributed by atoms with Gasteiger partial charge in [-0.25, -0.2) is 8.42 Å². The molecule has 120 valence electrons. The highest BCUT2D eigenvalue weighted by Gasteiger charge is 2.23. The molecule has 6 heteroatoms. The molecule has 1 aromatic carbocycles. The van der Waals surface area contributed by atoms with Gasteiger partial charge in [0.1, 0.15) is 0 Å². The fourth-order valence-corrected chi connectivity index (χ4v) is 3.64. The summed E-state index contributed by atoms with van der Waals surface area (Å²) in [5, 5.41) is 9.60. The predicted molar refractivity (Wildman–Crippen MR) is 84.7 cm³/mol. The lowest BCUT2D eigenvalue weighted by atomic mass is 10.1. The monoisotopic (exact) mass is 314 g/mol. The Kier molecular flexibility index (Phi) is 6.80. The summed E-state index contributed by atoms with van der Waals surface area (Å²) in [6.07, 6.45) is 0.111. The van der Waals surface area contributed by atoms with E-state index in [0.29, 0.717) is 18.7 Å². The summed E-state index contributed by atoms with van der Waals surface area (Å²) in [4.78, 5) is 2.28. The number of aliphatic hydroxyl groups excluding tert-OH is 1. The normalized spacial score (nSPS) is 13.9. The zero-order valence-corrected chi connectivity index (χ0v) is 14.1. The summed E-state index contributed by atoms with van der Waals surface area (Å²) in [6.45, 7) is 5.25. The van der Waals surface area contributed by atoms with E-state index in [0.717, 1.165) is 13.0 Å². The van der Waals surface area contributed by atoms with E-state index in [9.17, 15) is 13.5 Å². The molecule has 0 aromatic heterocycles. The van der Waals surface area contributed by atoms with Crippen LogP contribution in [0.2, 0.25) is 0 Å². The molecule has 1 aromatic rings. The van der Waals surface area contributed by atoms with E-state index in [-0.39, 0.29) is 4.90 Å². The van der Waals surface area contributed by atoms with Crippen LogP contribution in [0.5, 0.6) is 0 Å². The zero-order chi connectivity index (χ0) is 16.0. The molecule has 0 aliphatic heterocycles. The molecule has 0 bridgehead atoms. The van der Waals surface area contributed by atoms with Gasteiger partial charge in [-0.2, -0.15) is 4.31 Å². The van der Waals surface area contributed by atoms with E-state index >= 15 is 0 Å². The van der Waals surface area contributed by atoms with Crippen molar-refractivity contribution in [3.63, 3.8) is 0 Å². The van der Waals surface area contributed by atoms with Crippen LogP contribution in [-0.2, 0) is 10.0 Å². The van der Waals surface area contributed by atoms with E-state index in [1.54, 1.807) is 31.2 Å². The zero-order valence-electron chi connectivity index (χ0n) is 13.3. The summed E-state index contributed by atoms with van der Waals surface area (Å²) in [5.41, 5.74) is 0.611. The molecule has 0 saturated heterocycles. The molecule has 0 saturated carbocycles. The Morgan fingerprint density at radius 3 is 2.43 bits per heavy atom. The minimum absolute atomic E-state index is 0.243. The highest BCUT2D eigenvalue weighted by Crippen LogP contribution is 2.20. The SMILES string of the molecule is CCN(CCCN(C)C)S(=O)(=O)c1cccc(C(C)O)c1. The first-order valence-electron chi connectivity index (χ1n) is 7.22. The van der Waals surface area contributed by atoms with E-state index in [4.69, 9.17) is 0 Å². The maximum atomic E-state index is 12.6. The topological polar surface area (TPSA) is 60.9 Å². The minimum atomic E-state index is -3.50. The van der Waals surface area contributed by atoms with E-state index in [1.165, 1.54) is 4.31 Å². The standard InChI is InChI=1S/C15H26N2O3S/c1-5-17(11-7-10-16(3)4)21(19,20)15-9-6-8-14(12-15)13(2)18/h6,8-9,12-13,18H,5,7,10-11H2,1-4H3. The smallest absolute Gasteiger partial charge is 0.243 e. The highest BCUT2D eigenvalue weighted by molar-refractivity contribution is 7.89. The summed E-state index contributed by atoms with van der Waals surface area (Å²) >= 11 is 0. The van der Waals surface area contributed by atoms with Crippen LogP contribution in [0.4, 0.5) is 0 Å². The van der Waals surface area contributed by atoms with Gasteiger partial charge >= 0.3 is 0 Å². The average Bonchev–Trinajstić information content (AvgIpc) is 2.43. The van der Waals surface area contributed by atoms with Crippen molar-refractivity contribution in [1.82, 2.24) is 9.21 Å². The molecule has 1 atom stereocenters. The summed E-state index contributed by atoms with van der Waals surface area (Å²) < 4.78 is 26.8. The number of hydrogen-bond donors (Lipinski definition) is 1. The molecule has 0 spiro atoms. The molecular weight excluding hydrogens is 288 g/mol. The van der Waals surface area contributed by atoms with Crippen LogP contribution in [0, 0.1) is 0 Å². The van der Waals surface area contributed by atoms with Crippen LogP contribution in [0.1, 0.15) is 31.9 Å². The highest BCUT2D eigenvalue weighted by atomic mass is 32.2. The third kappa shape index (κ3) is 5.07. The van der Waals surface area contributed by atoms with Gasteiger partial charge in [0.25, 0.3) is 0 Å². The second kappa shape index (κ2) is 7.89. The molecular formula is C15H26N2O3S.